The molecule has 0 spiro atoms. The van der Waals surface area contributed by atoms with Gasteiger partial charge in [0.15, 0.2) is 5.65 Å². The number of anilines is 2. The maximum atomic E-state index is 12.1. The van der Waals surface area contributed by atoms with Crippen LogP contribution in [0.15, 0.2) is 16.7 Å². The minimum atomic E-state index is -1.04. The second kappa shape index (κ2) is 9.06. The lowest BCUT2D eigenvalue weighted by molar-refractivity contribution is 0.0680. The molecule has 9 nitrogen and oxygen atoms in total. The van der Waals surface area contributed by atoms with Crippen molar-refractivity contribution in [3.63, 3.8) is 0 Å². The van der Waals surface area contributed by atoms with Crippen LogP contribution in [0.5, 0.6) is 0 Å². The van der Waals surface area contributed by atoms with Crippen LogP contribution < -0.4 is 10.2 Å². The summed E-state index contributed by atoms with van der Waals surface area (Å²) < 4.78 is 7.57. The molecule has 10 heteroatoms. The molecule has 0 bridgehead atoms. The van der Waals surface area contributed by atoms with Gasteiger partial charge in [0.05, 0.1) is 23.3 Å². The SMILES string of the molecule is CC(C)C(CO)Nc1cc(N(CC2CCOCC2)C(=O)O)n2ncc(Br)c2n1. The molecule has 1 amide bonds. The van der Waals surface area contributed by atoms with Crippen molar-refractivity contribution in [2.75, 3.05) is 36.6 Å². The molecule has 0 saturated carbocycles. The molecule has 2 aromatic rings. The van der Waals surface area contributed by atoms with Crippen molar-refractivity contribution in [3.8, 4) is 0 Å². The second-order valence-corrected chi connectivity index (χ2v) is 8.21. The Labute approximate surface area is 171 Å². The Bertz CT molecular complexity index is 822. The maximum Gasteiger partial charge on any atom is 0.413 e. The van der Waals surface area contributed by atoms with Crippen molar-refractivity contribution in [2.45, 2.75) is 32.7 Å². The first kappa shape index (κ1) is 20.8. The number of hydrogen-bond donors (Lipinski definition) is 3. The topological polar surface area (TPSA) is 112 Å². The Kier molecular flexibility index (Phi) is 6.73. The molecule has 0 aromatic carbocycles. The van der Waals surface area contributed by atoms with Crippen LogP contribution in [0, 0.1) is 11.8 Å². The maximum absolute atomic E-state index is 12.1. The molecule has 3 rings (SSSR count). The molecule has 28 heavy (non-hydrogen) atoms. The Morgan fingerprint density at radius 1 is 1.46 bits per heavy atom. The molecule has 3 N–H and O–H groups in total. The number of carboxylic acid groups (broad SMARTS) is 1. The summed E-state index contributed by atoms with van der Waals surface area (Å²) in [6, 6.07) is 1.48. The highest BCUT2D eigenvalue weighted by atomic mass is 79.9. The monoisotopic (exact) mass is 455 g/mol. The van der Waals surface area contributed by atoms with Gasteiger partial charge in [-0.3, -0.25) is 4.90 Å². The van der Waals surface area contributed by atoms with Crippen LogP contribution in [-0.4, -0.2) is 63.3 Å². The van der Waals surface area contributed by atoms with E-state index in [2.05, 4.69) is 31.3 Å². The Morgan fingerprint density at radius 3 is 2.79 bits per heavy atom. The lowest BCUT2D eigenvalue weighted by atomic mass is 10.00. The highest BCUT2D eigenvalue weighted by Crippen LogP contribution is 2.28. The smallest absolute Gasteiger partial charge is 0.413 e. The van der Waals surface area contributed by atoms with Gasteiger partial charge < -0.3 is 20.3 Å². The first-order chi connectivity index (χ1) is 13.4. The summed E-state index contributed by atoms with van der Waals surface area (Å²) in [4.78, 5) is 17.9. The third kappa shape index (κ3) is 4.56. The van der Waals surface area contributed by atoms with Crippen molar-refractivity contribution in [1.29, 1.82) is 0 Å². The summed E-state index contributed by atoms with van der Waals surface area (Å²) in [6.07, 6.45) is 2.20. The number of halogens is 1. The lowest BCUT2D eigenvalue weighted by Gasteiger charge is -2.28. The van der Waals surface area contributed by atoms with Crippen molar-refractivity contribution in [3.05, 3.63) is 16.7 Å². The number of hydrogen-bond acceptors (Lipinski definition) is 6. The van der Waals surface area contributed by atoms with Gasteiger partial charge in [-0.2, -0.15) is 9.61 Å². The Balaban J connectivity index is 1.99. The zero-order valence-electron chi connectivity index (χ0n) is 16.0. The van der Waals surface area contributed by atoms with E-state index < -0.39 is 6.09 Å². The predicted octanol–water partition coefficient (Wildman–Crippen LogP) is 2.83. The molecule has 0 aliphatic carbocycles. The van der Waals surface area contributed by atoms with E-state index >= 15 is 0 Å². The number of aromatic nitrogens is 3. The van der Waals surface area contributed by atoms with Gasteiger partial charge in [0.25, 0.3) is 0 Å². The standard InChI is InChI=1S/C18H26BrN5O4/c1-11(2)14(10-25)21-15-7-16(24-17(22-15)13(19)8-20-24)23(18(26)27)9-12-3-5-28-6-4-12/h7-8,11-12,14,25H,3-6,9-10H2,1-2H3,(H,21,22)(H,26,27). The third-order valence-corrected chi connectivity index (χ3v) is 5.59. The largest absolute Gasteiger partial charge is 0.465 e. The first-order valence-corrected chi connectivity index (χ1v) is 10.2. The normalized spacial score (nSPS) is 16.5. The predicted molar refractivity (Wildman–Crippen MR) is 109 cm³/mol. The van der Waals surface area contributed by atoms with E-state index in [0.717, 1.165) is 12.8 Å². The van der Waals surface area contributed by atoms with Crippen LogP contribution in [0.1, 0.15) is 26.7 Å². The van der Waals surface area contributed by atoms with Crippen molar-refractivity contribution in [1.82, 2.24) is 14.6 Å². The molecule has 1 unspecified atom stereocenters. The van der Waals surface area contributed by atoms with Crippen LogP contribution in [0.3, 0.4) is 0 Å². The highest BCUT2D eigenvalue weighted by molar-refractivity contribution is 9.10. The average Bonchev–Trinajstić information content (AvgIpc) is 3.05. The van der Waals surface area contributed by atoms with E-state index in [-0.39, 0.29) is 24.5 Å². The number of amides is 1. The summed E-state index contributed by atoms with van der Waals surface area (Å²) in [5.41, 5.74) is 0.513. The number of aliphatic hydroxyl groups excluding tert-OH is 1. The zero-order chi connectivity index (χ0) is 20.3. The van der Waals surface area contributed by atoms with Gasteiger partial charge in [0, 0.05) is 25.8 Å². The minimum absolute atomic E-state index is 0.0506. The van der Waals surface area contributed by atoms with Crippen molar-refractivity contribution >= 4 is 39.3 Å². The Hall–Kier alpha value is -1.91. The van der Waals surface area contributed by atoms with Gasteiger partial charge in [-0.1, -0.05) is 13.8 Å². The van der Waals surface area contributed by atoms with Gasteiger partial charge in [-0.25, -0.2) is 9.78 Å². The van der Waals surface area contributed by atoms with Gasteiger partial charge in [-0.15, -0.1) is 0 Å². The summed E-state index contributed by atoms with van der Waals surface area (Å²) in [6.45, 7) is 5.61. The molecule has 154 valence electrons. The first-order valence-electron chi connectivity index (χ1n) is 9.40. The molecule has 1 atom stereocenters. The molecule has 1 aliphatic rings. The van der Waals surface area contributed by atoms with Crippen LogP contribution in [0.2, 0.25) is 0 Å². The quantitative estimate of drug-likeness (QED) is 0.588. The van der Waals surface area contributed by atoms with Gasteiger partial charge >= 0.3 is 6.09 Å². The van der Waals surface area contributed by atoms with Gasteiger partial charge in [0.1, 0.15) is 11.6 Å². The van der Waals surface area contributed by atoms with Crippen molar-refractivity contribution in [2.24, 2.45) is 11.8 Å². The molecule has 1 saturated heterocycles. The highest BCUT2D eigenvalue weighted by Gasteiger charge is 2.26. The van der Waals surface area contributed by atoms with Crippen LogP contribution in [-0.2, 0) is 4.74 Å². The molecular formula is C18H26BrN5O4. The molecule has 3 heterocycles. The number of nitrogens with one attached hydrogen (secondary N) is 1. The van der Waals surface area contributed by atoms with E-state index in [0.29, 0.717) is 41.5 Å². The Morgan fingerprint density at radius 2 is 2.18 bits per heavy atom. The fraction of sp³-hybridized carbons (Fsp3) is 0.611. The summed E-state index contributed by atoms with van der Waals surface area (Å²) in [7, 11) is 0. The number of fused-ring (bicyclic) bond motifs is 1. The number of nitrogens with zero attached hydrogens (tertiary/aromatic N) is 4. The average molecular weight is 456 g/mol. The van der Waals surface area contributed by atoms with E-state index in [1.165, 1.54) is 9.42 Å². The fourth-order valence-electron chi connectivity index (χ4n) is 3.26. The van der Waals surface area contributed by atoms with E-state index in [1.807, 2.05) is 13.8 Å². The zero-order valence-corrected chi connectivity index (χ0v) is 17.6. The van der Waals surface area contributed by atoms with Crippen LogP contribution in [0.25, 0.3) is 5.65 Å². The summed E-state index contributed by atoms with van der Waals surface area (Å²) in [5.74, 6) is 1.31. The van der Waals surface area contributed by atoms with Crippen LogP contribution in [0.4, 0.5) is 16.4 Å². The number of aliphatic hydroxyl groups is 1. The van der Waals surface area contributed by atoms with Crippen molar-refractivity contribution < 1.29 is 19.7 Å². The van der Waals surface area contributed by atoms with Crippen LogP contribution >= 0.6 is 15.9 Å². The lowest BCUT2D eigenvalue weighted by Crippen LogP contribution is -2.38. The summed E-state index contributed by atoms with van der Waals surface area (Å²) >= 11 is 3.43. The fourth-order valence-corrected chi connectivity index (χ4v) is 3.60. The number of rotatable bonds is 7. The molecule has 2 aromatic heterocycles. The number of carbonyl (C=O) groups is 1. The van der Waals surface area contributed by atoms with E-state index in [1.54, 1.807) is 12.3 Å². The van der Waals surface area contributed by atoms with E-state index in [4.69, 9.17) is 4.74 Å². The van der Waals surface area contributed by atoms with Gasteiger partial charge in [-0.05, 0) is 40.6 Å². The third-order valence-electron chi connectivity index (χ3n) is 5.03. The van der Waals surface area contributed by atoms with Gasteiger partial charge in [0.2, 0.25) is 0 Å². The molecular weight excluding hydrogens is 430 g/mol. The molecule has 0 radical (unpaired) electrons. The van der Waals surface area contributed by atoms with E-state index in [9.17, 15) is 15.0 Å². The summed E-state index contributed by atoms with van der Waals surface area (Å²) in [5, 5.41) is 27.0. The number of ether oxygens (including phenoxy) is 1. The minimum Gasteiger partial charge on any atom is -0.465 e. The second-order valence-electron chi connectivity index (χ2n) is 7.35. The molecule has 1 aliphatic heterocycles. The molecule has 1 fully saturated rings.